The highest BCUT2D eigenvalue weighted by molar-refractivity contribution is 8.26. The number of ether oxygens (including phenoxy) is 2. The van der Waals surface area contributed by atoms with Gasteiger partial charge in [0.25, 0.3) is 11.6 Å². The molecule has 1 N–H and O–H groups in total. The van der Waals surface area contributed by atoms with Crippen LogP contribution in [0.2, 0.25) is 0 Å². The third-order valence-corrected chi connectivity index (χ3v) is 5.65. The molecule has 1 saturated heterocycles. The molecule has 2 aromatic carbocycles. The summed E-state index contributed by atoms with van der Waals surface area (Å²) in [4.78, 5) is 35.0. The van der Waals surface area contributed by atoms with Gasteiger partial charge in [0, 0.05) is 12.1 Å². The van der Waals surface area contributed by atoms with Crippen molar-refractivity contribution >= 4 is 51.9 Å². The van der Waals surface area contributed by atoms with E-state index in [1.165, 1.54) is 12.1 Å². The van der Waals surface area contributed by atoms with Gasteiger partial charge < -0.3 is 14.6 Å². The van der Waals surface area contributed by atoms with E-state index in [1.807, 2.05) is 6.92 Å². The van der Waals surface area contributed by atoms with Crippen LogP contribution in [0.4, 0.5) is 5.69 Å². The molecule has 1 fully saturated rings. The second-order valence-electron chi connectivity index (χ2n) is 6.51. The van der Waals surface area contributed by atoms with Gasteiger partial charge in [0.15, 0.2) is 11.5 Å². The van der Waals surface area contributed by atoms with Crippen LogP contribution in [0.25, 0.3) is 6.08 Å². The molecule has 0 atom stereocenters. The summed E-state index contributed by atoms with van der Waals surface area (Å²) in [6, 6.07) is 11.2. The Hall–Kier alpha value is -3.44. The number of amides is 1. The van der Waals surface area contributed by atoms with Crippen LogP contribution >= 0.6 is 24.0 Å². The third kappa shape index (κ3) is 5.62. The quantitative estimate of drug-likeness (QED) is 0.250. The second-order valence-corrected chi connectivity index (χ2v) is 8.19. The first-order chi connectivity index (χ1) is 15.3. The molecule has 1 aliphatic heterocycles. The van der Waals surface area contributed by atoms with Crippen molar-refractivity contribution in [3.63, 3.8) is 0 Å². The SMILES string of the molecule is CCOc1cc(/C=C2\SC(=S)N(CC(=O)O)C2=O)ccc1OCc1ccc([N+](=O)[O-])cc1. The average molecular weight is 475 g/mol. The molecule has 1 amide bonds. The molecule has 3 rings (SSSR count). The van der Waals surface area contributed by atoms with Crippen molar-refractivity contribution in [3.8, 4) is 11.5 Å². The molecule has 0 radical (unpaired) electrons. The fraction of sp³-hybridized carbons (Fsp3) is 0.190. The lowest BCUT2D eigenvalue weighted by Gasteiger charge is -2.13. The van der Waals surface area contributed by atoms with E-state index in [1.54, 1.807) is 36.4 Å². The molecule has 32 heavy (non-hydrogen) atoms. The first-order valence-electron chi connectivity index (χ1n) is 9.38. The summed E-state index contributed by atoms with van der Waals surface area (Å²) >= 11 is 6.14. The van der Waals surface area contributed by atoms with E-state index in [-0.39, 0.29) is 16.6 Å². The first-order valence-corrected chi connectivity index (χ1v) is 10.6. The number of nitrogens with zero attached hydrogens (tertiary/aromatic N) is 2. The van der Waals surface area contributed by atoms with Crippen LogP contribution in [-0.2, 0) is 16.2 Å². The average Bonchev–Trinajstić information content (AvgIpc) is 3.00. The van der Waals surface area contributed by atoms with Crippen LogP contribution in [0.1, 0.15) is 18.1 Å². The standard InChI is InChI=1S/C21H18N2O7S2/c1-2-29-17-9-14(10-18-20(26)22(11-19(24)25)21(31)32-18)5-8-16(17)30-12-13-3-6-15(7-4-13)23(27)28/h3-10H,2,11-12H2,1H3,(H,24,25)/b18-10-. The van der Waals surface area contributed by atoms with Gasteiger partial charge in [0.1, 0.15) is 17.5 Å². The number of rotatable bonds is 9. The molecule has 1 heterocycles. The number of thioether (sulfide) groups is 1. The van der Waals surface area contributed by atoms with Crippen LogP contribution < -0.4 is 9.47 Å². The molecule has 9 nitrogen and oxygen atoms in total. The zero-order chi connectivity index (χ0) is 23.3. The summed E-state index contributed by atoms with van der Waals surface area (Å²) in [6.07, 6.45) is 1.61. The first kappa shape index (κ1) is 23.2. The maximum atomic E-state index is 12.4. The number of carboxylic acids is 1. The monoisotopic (exact) mass is 474 g/mol. The van der Waals surface area contributed by atoms with Gasteiger partial charge in [-0.3, -0.25) is 24.6 Å². The summed E-state index contributed by atoms with van der Waals surface area (Å²) in [5.74, 6) is -0.667. The Balaban J connectivity index is 1.76. The predicted octanol–water partition coefficient (Wildman–Crippen LogP) is 3.86. The smallest absolute Gasteiger partial charge is 0.323 e. The zero-order valence-corrected chi connectivity index (χ0v) is 18.5. The maximum Gasteiger partial charge on any atom is 0.323 e. The summed E-state index contributed by atoms with van der Waals surface area (Å²) in [7, 11) is 0. The number of benzene rings is 2. The van der Waals surface area contributed by atoms with Crippen LogP contribution in [-0.4, -0.2) is 44.3 Å². The van der Waals surface area contributed by atoms with Crippen molar-refractivity contribution in [1.82, 2.24) is 4.90 Å². The summed E-state index contributed by atoms with van der Waals surface area (Å²) in [5.41, 5.74) is 1.41. The van der Waals surface area contributed by atoms with Crippen LogP contribution in [0.3, 0.4) is 0 Å². The molecular formula is C21H18N2O7S2. The Morgan fingerprint density at radius 2 is 1.94 bits per heavy atom. The van der Waals surface area contributed by atoms with Crippen molar-refractivity contribution in [1.29, 1.82) is 0 Å². The Kier molecular flexibility index (Phi) is 7.44. The summed E-state index contributed by atoms with van der Waals surface area (Å²) < 4.78 is 11.7. The molecule has 0 unspecified atom stereocenters. The maximum absolute atomic E-state index is 12.4. The molecule has 0 aromatic heterocycles. The molecule has 11 heteroatoms. The van der Waals surface area contributed by atoms with E-state index in [2.05, 4.69) is 0 Å². The number of non-ortho nitro benzene ring substituents is 1. The fourth-order valence-electron chi connectivity index (χ4n) is 2.80. The third-order valence-electron chi connectivity index (χ3n) is 4.27. The number of carboxylic acid groups (broad SMARTS) is 1. The number of carbonyl (C=O) groups excluding carboxylic acids is 1. The van der Waals surface area contributed by atoms with E-state index in [4.69, 9.17) is 26.8 Å². The molecule has 0 spiro atoms. The van der Waals surface area contributed by atoms with Crippen LogP contribution in [0.5, 0.6) is 11.5 Å². The topological polar surface area (TPSA) is 119 Å². The fourth-order valence-corrected chi connectivity index (χ4v) is 4.05. The van der Waals surface area contributed by atoms with Gasteiger partial charge in [-0.2, -0.15) is 0 Å². The minimum atomic E-state index is -1.14. The Morgan fingerprint density at radius 1 is 1.22 bits per heavy atom. The molecule has 0 bridgehead atoms. The van der Waals surface area contributed by atoms with Gasteiger partial charge in [-0.05, 0) is 48.4 Å². The zero-order valence-electron chi connectivity index (χ0n) is 16.8. The molecule has 0 saturated carbocycles. The van der Waals surface area contributed by atoms with E-state index < -0.39 is 23.3 Å². The molecular weight excluding hydrogens is 456 g/mol. The molecule has 1 aliphatic rings. The van der Waals surface area contributed by atoms with E-state index in [9.17, 15) is 19.7 Å². The van der Waals surface area contributed by atoms with Gasteiger partial charge in [0.2, 0.25) is 0 Å². The van der Waals surface area contributed by atoms with Crippen LogP contribution in [0.15, 0.2) is 47.4 Å². The number of thiocarbonyl (C=S) groups is 1. The van der Waals surface area contributed by atoms with Crippen molar-refractivity contribution in [2.45, 2.75) is 13.5 Å². The molecule has 0 aliphatic carbocycles. The highest BCUT2D eigenvalue weighted by Gasteiger charge is 2.33. The number of nitro benzene ring substituents is 1. The molecule has 166 valence electrons. The number of carbonyl (C=O) groups is 2. The number of hydrogen-bond donors (Lipinski definition) is 1. The highest BCUT2D eigenvalue weighted by atomic mass is 32.2. The van der Waals surface area contributed by atoms with Crippen molar-refractivity contribution < 1.29 is 29.1 Å². The number of hydrogen-bond acceptors (Lipinski definition) is 8. The lowest BCUT2D eigenvalue weighted by Crippen LogP contribution is -2.33. The van der Waals surface area contributed by atoms with E-state index in [0.717, 1.165) is 22.2 Å². The second kappa shape index (κ2) is 10.2. The van der Waals surface area contributed by atoms with Gasteiger partial charge in [-0.15, -0.1) is 0 Å². The largest absolute Gasteiger partial charge is 0.490 e. The van der Waals surface area contributed by atoms with E-state index in [0.29, 0.717) is 28.6 Å². The Labute approximate surface area is 192 Å². The minimum absolute atomic E-state index is 0.00174. The Morgan fingerprint density at radius 3 is 2.56 bits per heavy atom. The van der Waals surface area contributed by atoms with Gasteiger partial charge >= 0.3 is 5.97 Å². The summed E-state index contributed by atoms with van der Waals surface area (Å²) in [6.45, 7) is 1.91. The molecule has 2 aromatic rings. The predicted molar refractivity (Wildman–Crippen MR) is 123 cm³/mol. The normalized spacial score (nSPS) is 14.7. The van der Waals surface area contributed by atoms with Gasteiger partial charge in [-0.1, -0.05) is 30.0 Å². The van der Waals surface area contributed by atoms with Crippen molar-refractivity contribution in [2.24, 2.45) is 0 Å². The lowest BCUT2D eigenvalue weighted by molar-refractivity contribution is -0.384. The summed E-state index contributed by atoms with van der Waals surface area (Å²) in [5, 5.41) is 19.7. The van der Waals surface area contributed by atoms with Gasteiger partial charge in [0.05, 0.1) is 16.4 Å². The minimum Gasteiger partial charge on any atom is -0.490 e. The Bertz CT molecular complexity index is 1100. The lowest BCUT2D eigenvalue weighted by atomic mass is 10.1. The van der Waals surface area contributed by atoms with Gasteiger partial charge in [-0.25, -0.2) is 0 Å². The van der Waals surface area contributed by atoms with E-state index >= 15 is 0 Å². The van der Waals surface area contributed by atoms with Crippen LogP contribution in [0, 0.1) is 10.1 Å². The van der Waals surface area contributed by atoms with Crippen molar-refractivity contribution in [2.75, 3.05) is 13.2 Å². The van der Waals surface area contributed by atoms with Crippen molar-refractivity contribution in [3.05, 3.63) is 68.6 Å². The number of aliphatic carboxylic acids is 1. The number of nitro groups is 1. The highest BCUT2D eigenvalue weighted by Crippen LogP contribution is 2.35.